The molecule has 1 aliphatic rings. The van der Waals surface area contributed by atoms with Crippen LogP contribution in [0.1, 0.15) is 6.42 Å². The Labute approximate surface area is 64.4 Å². The Bertz CT molecular complexity index is 132. The van der Waals surface area contributed by atoms with E-state index in [0.29, 0.717) is 13.0 Å². The highest BCUT2D eigenvalue weighted by Crippen LogP contribution is 2.21. The molecular formula is C6H13NO4. The predicted octanol–water partition coefficient (Wildman–Crippen LogP) is -2.23. The van der Waals surface area contributed by atoms with Crippen LogP contribution in [0.3, 0.4) is 0 Å². The molecular weight excluding hydrogens is 150 g/mol. The van der Waals surface area contributed by atoms with E-state index in [-0.39, 0.29) is 0 Å². The first-order valence-electron chi connectivity index (χ1n) is 3.56. The van der Waals surface area contributed by atoms with Gasteiger partial charge in [-0.25, -0.2) is 0 Å². The minimum Gasteiger partial charge on any atom is -0.387 e. The standard InChI is InChI=1S/C6H13NO4/c7-2-1-3-4(8)5(9)6(10)11-3/h3-6,8-10H,1-2,7H2. The van der Waals surface area contributed by atoms with E-state index in [1.165, 1.54) is 0 Å². The van der Waals surface area contributed by atoms with Crippen molar-refractivity contribution in [3.8, 4) is 0 Å². The summed E-state index contributed by atoms with van der Waals surface area (Å²) in [5, 5.41) is 27.1. The van der Waals surface area contributed by atoms with Gasteiger partial charge >= 0.3 is 0 Å². The number of nitrogens with two attached hydrogens (primary N) is 1. The average Bonchev–Trinajstić information content (AvgIpc) is 2.19. The molecule has 0 amide bonds. The Morgan fingerprint density at radius 3 is 2.18 bits per heavy atom. The van der Waals surface area contributed by atoms with Crippen LogP contribution < -0.4 is 5.73 Å². The van der Waals surface area contributed by atoms with E-state index in [2.05, 4.69) is 0 Å². The Morgan fingerprint density at radius 1 is 1.18 bits per heavy atom. The van der Waals surface area contributed by atoms with E-state index in [0.717, 1.165) is 0 Å². The quantitative estimate of drug-likeness (QED) is 0.369. The average molecular weight is 163 g/mol. The van der Waals surface area contributed by atoms with Crippen LogP contribution in [0.15, 0.2) is 0 Å². The van der Waals surface area contributed by atoms with Gasteiger partial charge in [0.15, 0.2) is 6.29 Å². The third kappa shape index (κ3) is 1.69. The molecule has 0 spiro atoms. The van der Waals surface area contributed by atoms with Crippen LogP contribution >= 0.6 is 0 Å². The topological polar surface area (TPSA) is 95.9 Å². The lowest BCUT2D eigenvalue weighted by Gasteiger charge is -2.11. The Morgan fingerprint density at radius 2 is 1.82 bits per heavy atom. The van der Waals surface area contributed by atoms with Crippen LogP contribution in [0, 0.1) is 0 Å². The van der Waals surface area contributed by atoms with Crippen molar-refractivity contribution in [3.05, 3.63) is 0 Å². The predicted molar refractivity (Wildman–Crippen MR) is 36.6 cm³/mol. The molecule has 4 atom stereocenters. The van der Waals surface area contributed by atoms with Crippen molar-refractivity contribution in [1.82, 2.24) is 0 Å². The zero-order valence-electron chi connectivity index (χ0n) is 6.05. The molecule has 1 aliphatic heterocycles. The van der Waals surface area contributed by atoms with E-state index >= 15 is 0 Å². The third-order valence-corrected chi connectivity index (χ3v) is 1.79. The normalized spacial score (nSPS) is 44.7. The SMILES string of the molecule is NCCC1OC(O)C(O)C1O. The molecule has 5 nitrogen and oxygen atoms in total. The highest BCUT2D eigenvalue weighted by molar-refractivity contribution is 4.85. The molecule has 1 rings (SSSR count). The monoisotopic (exact) mass is 163 g/mol. The zero-order chi connectivity index (χ0) is 8.43. The largest absolute Gasteiger partial charge is 0.387 e. The van der Waals surface area contributed by atoms with Gasteiger partial charge in [0.05, 0.1) is 6.10 Å². The number of aliphatic hydroxyl groups excluding tert-OH is 3. The van der Waals surface area contributed by atoms with Gasteiger partial charge in [-0.1, -0.05) is 0 Å². The maximum atomic E-state index is 9.17. The maximum absolute atomic E-state index is 9.17. The molecule has 0 aromatic heterocycles. The van der Waals surface area contributed by atoms with Crippen LogP contribution in [-0.4, -0.2) is 46.5 Å². The first kappa shape index (κ1) is 8.89. The molecule has 4 unspecified atom stereocenters. The van der Waals surface area contributed by atoms with Gasteiger partial charge in [0.2, 0.25) is 0 Å². The molecule has 1 fully saturated rings. The summed E-state index contributed by atoms with van der Waals surface area (Å²) < 4.78 is 4.80. The molecule has 1 heterocycles. The summed E-state index contributed by atoms with van der Waals surface area (Å²) in [7, 11) is 0. The zero-order valence-corrected chi connectivity index (χ0v) is 6.05. The lowest BCUT2D eigenvalue weighted by molar-refractivity contribution is -0.127. The number of hydrogen-bond donors (Lipinski definition) is 4. The summed E-state index contributed by atoms with van der Waals surface area (Å²) >= 11 is 0. The van der Waals surface area contributed by atoms with E-state index in [1.54, 1.807) is 0 Å². The van der Waals surface area contributed by atoms with Crippen LogP contribution in [-0.2, 0) is 4.74 Å². The van der Waals surface area contributed by atoms with E-state index in [4.69, 9.17) is 25.8 Å². The molecule has 5 N–H and O–H groups in total. The second-order valence-electron chi connectivity index (χ2n) is 2.62. The van der Waals surface area contributed by atoms with E-state index in [1.807, 2.05) is 0 Å². The molecule has 11 heavy (non-hydrogen) atoms. The van der Waals surface area contributed by atoms with Gasteiger partial charge < -0.3 is 25.8 Å². The molecule has 0 bridgehead atoms. The molecule has 5 heteroatoms. The lowest BCUT2D eigenvalue weighted by atomic mass is 10.1. The molecule has 0 aromatic rings. The minimum atomic E-state index is -1.28. The first-order chi connectivity index (χ1) is 5.16. The van der Waals surface area contributed by atoms with Crippen LogP contribution in [0.25, 0.3) is 0 Å². The Hall–Kier alpha value is -0.200. The summed E-state index contributed by atoms with van der Waals surface area (Å²) in [6.07, 6.45) is -3.60. The van der Waals surface area contributed by atoms with E-state index in [9.17, 15) is 0 Å². The van der Waals surface area contributed by atoms with Crippen molar-refractivity contribution in [1.29, 1.82) is 0 Å². The molecule has 0 aliphatic carbocycles. The molecule has 0 aromatic carbocycles. The van der Waals surface area contributed by atoms with Crippen molar-refractivity contribution in [3.63, 3.8) is 0 Å². The van der Waals surface area contributed by atoms with Gasteiger partial charge in [0.25, 0.3) is 0 Å². The van der Waals surface area contributed by atoms with Crippen molar-refractivity contribution in [2.45, 2.75) is 31.0 Å². The molecule has 1 saturated heterocycles. The maximum Gasteiger partial charge on any atom is 0.183 e. The second-order valence-corrected chi connectivity index (χ2v) is 2.62. The molecule has 0 radical (unpaired) electrons. The van der Waals surface area contributed by atoms with Gasteiger partial charge in [-0.15, -0.1) is 0 Å². The number of aliphatic hydroxyl groups is 3. The first-order valence-corrected chi connectivity index (χ1v) is 3.56. The number of hydrogen-bond acceptors (Lipinski definition) is 5. The third-order valence-electron chi connectivity index (χ3n) is 1.79. The van der Waals surface area contributed by atoms with Gasteiger partial charge in [0, 0.05) is 0 Å². The summed E-state index contributed by atoms with van der Waals surface area (Å²) in [5.74, 6) is 0. The minimum absolute atomic E-state index is 0.362. The van der Waals surface area contributed by atoms with Crippen molar-refractivity contribution >= 4 is 0 Å². The summed E-state index contributed by atoms with van der Waals surface area (Å²) in [6.45, 7) is 0.362. The fraction of sp³-hybridized carbons (Fsp3) is 1.00. The summed E-state index contributed by atoms with van der Waals surface area (Å²) in [4.78, 5) is 0. The summed E-state index contributed by atoms with van der Waals surface area (Å²) in [5.41, 5.74) is 5.21. The fourth-order valence-electron chi connectivity index (χ4n) is 1.13. The molecule has 66 valence electrons. The number of rotatable bonds is 2. The van der Waals surface area contributed by atoms with Crippen molar-refractivity contribution in [2.75, 3.05) is 6.54 Å². The van der Waals surface area contributed by atoms with E-state index < -0.39 is 24.6 Å². The van der Waals surface area contributed by atoms with Crippen LogP contribution in [0.5, 0.6) is 0 Å². The van der Waals surface area contributed by atoms with Gasteiger partial charge in [-0.2, -0.15) is 0 Å². The smallest absolute Gasteiger partial charge is 0.183 e. The van der Waals surface area contributed by atoms with Crippen LogP contribution in [0.4, 0.5) is 0 Å². The van der Waals surface area contributed by atoms with Gasteiger partial charge in [-0.05, 0) is 13.0 Å². The fourth-order valence-corrected chi connectivity index (χ4v) is 1.13. The molecule has 0 saturated carbocycles. The number of ether oxygens (including phenoxy) is 1. The summed E-state index contributed by atoms with van der Waals surface area (Å²) in [6, 6.07) is 0. The Balaban J connectivity index is 2.45. The van der Waals surface area contributed by atoms with Crippen molar-refractivity contribution < 1.29 is 20.1 Å². The lowest BCUT2D eigenvalue weighted by Crippen LogP contribution is -2.33. The van der Waals surface area contributed by atoms with Crippen LogP contribution in [0.2, 0.25) is 0 Å². The van der Waals surface area contributed by atoms with Crippen molar-refractivity contribution in [2.24, 2.45) is 5.73 Å². The highest BCUT2D eigenvalue weighted by Gasteiger charge is 2.40. The highest BCUT2D eigenvalue weighted by atomic mass is 16.6. The Kier molecular flexibility index (Phi) is 2.80. The van der Waals surface area contributed by atoms with Gasteiger partial charge in [0.1, 0.15) is 12.2 Å². The van der Waals surface area contributed by atoms with Gasteiger partial charge in [-0.3, -0.25) is 0 Å². The second kappa shape index (κ2) is 3.46.